The minimum absolute atomic E-state index is 0.266. The maximum atomic E-state index is 10.9. The zero-order valence-corrected chi connectivity index (χ0v) is 7.74. The molecule has 0 spiro atoms. The summed E-state index contributed by atoms with van der Waals surface area (Å²) in [6.45, 7) is 10.6. The first-order chi connectivity index (χ1) is 6.13. The average molecular weight is 181 g/mol. The van der Waals surface area contributed by atoms with Crippen molar-refractivity contribution in [3.05, 3.63) is 48.1 Å². The number of nitrogens with zero attached hydrogens (tertiary/aromatic N) is 1. The van der Waals surface area contributed by atoms with Crippen LogP contribution in [0.2, 0.25) is 0 Å². The molecule has 3 nitrogen and oxygen atoms in total. The van der Waals surface area contributed by atoms with Crippen LogP contribution in [-0.4, -0.2) is 10.5 Å². The molecule has 72 valence electrons. The summed E-state index contributed by atoms with van der Waals surface area (Å²) >= 11 is 0. The first-order valence-corrected chi connectivity index (χ1v) is 4.10. The van der Waals surface area contributed by atoms with Crippen molar-refractivity contribution in [2.45, 2.75) is 24.8 Å². The third-order valence-corrected chi connectivity index (χ3v) is 1.96. The highest BCUT2D eigenvalue weighted by Crippen LogP contribution is 2.25. The van der Waals surface area contributed by atoms with E-state index < -0.39 is 5.54 Å². The topological polar surface area (TPSA) is 43.1 Å². The van der Waals surface area contributed by atoms with Gasteiger partial charge in [0.15, 0.2) is 0 Å². The lowest BCUT2D eigenvalue weighted by Gasteiger charge is -2.20. The van der Waals surface area contributed by atoms with Crippen LogP contribution >= 0.6 is 0 Å². The summed E-state index contributed by atoms with van der Waals surface area (Å²) in [6.07, 6.45) is 5.73. The van der Waals surface area contributed by atoms with Gasteiger partial charge in [-0.2, -0.15) is 0 Å². The van der Waals surface area contributed by atoms with Gasteiger partial charge in [-0.05, 0) is 0 Å². The zero-order valence-electron chi connectivity index (χ0n) is 7.74. The standard InChI is InChI=1S/C10H15NO2/c1-4-7-10(8-5-2,9-6-3)11(12)13/h4-6H,1-3,7-9H2. The van der Waals surface area contributed by atoms with Gasteiger partial charge in [-0.25, -0.2) is 0 Å². The van der Waals surface area contributed by atoms with Gasteiger partial charge in [-0.1, -0.05) is 18.2 Å². The smallest absolute Gasteiger partial charge is 0.232 e. The predicted molar refractivity (Wildman–Crippen MR) is 54.2 cm³/mol. The van der Waals surface area contributed by atoms with E-state index in [0.717, 1.165) is 0 Å². The second-order valence-corrected chi connectivity index (χ2v) is 2.96. The molecule has 3 heteroatoms. The monoisotopic (exact) mass is 181 g/mol. The lowest BCUT2D eigenvalue weighted by atomic mass is 9.88. The highest BCUT2D eigenvalue weighted by molar-refractivity contribution is 4.96. The summed E-state index contributed by atoms with van der Waals surface area (Å²) in [7, 11) is 0. The van der Waals surface area contributed by atoms with Gasteiger partial charge in [0.25, 0.3) is 0 Å². The fourth-order valence-electron chi connectivity index (χ4n) is 1.28. The van der Waals surface area contributed by atoms with Crippen LogP contribution in [-0.2, 0) is 0 Å². The molecule has 0 saturated carbocycles. The summed E-state index contributed by atoms with van der Waals surface area (Å²) in [5.74, 6) is 0. The van der Waals surface area contributed by atoms with Gasteiger partial charge >= 0.3 is 0 Å². The Morgan fingerprint density at radius 1 is 1.08 bits per heavy atom. The van der Waals surface area contributed by atoms with E-state index in [9.17, 15) is 10.1 Å². The lowest BCUT2D eigenvalue weighted by Crippen LogP contribution is -2.36. The van der Waals surface area contributed by atoms with Gasteiger partial charge in [-0.3, -0.25) is 10.1 Å². The molecule has 0 rings (SSSR count). The molecular formula is C10H15NO2. The molecule has 0 unspecified atom stereocenters. The lowest BCUT2D eigenvalue weighted by molar-refractivity contribution is -0.567. The van der Waals surface area contributed by atoms with Crippen molar-refractivity contribution in [3.63, 3.8) is 0 Å². The van der Waals surface area contributed by atoms with Gasteiger partial charge < -0.3 is 0 Å². The maximum absolute atomic E-state index is 10.9. The minimum Gasteiger partial charge on any atom is -0.264 e. The van der Waals surface area contributed by atoms with E-state index in [0.29, 0.717) is 19.3 Å². The first-order valence-electron chi connectivity index (χ1n) is 4.10. The van der Waals surface area contributed by atoms with Crippen LogP contribution in [0.1, 0.15) is 19.3 Å². The minimum atomic E-state index is -0.981. The number of rotatable bonds is 7. The van der Waals surface area contributed by atoms with Crippen molar-refractivity contribution < 1.29 is 4.92 Å². The Balaban J connectivity index is 4.76. The Morgan fingerprint density at radius 2 is 1.38 bits per heavy atom. The summed E-state index contributed by atoms with van der Waals surface area (Å²) in [6, 6.07) is 0. The Kier molecular flexibility index (Phi) is 4.74. The Labute approximate surface area is 78.6 Å². The molecule has 0 atom stereocenters. The zero-order chi connectivity index (χ0) is 10.3. The van der Waals surface area contributed by atoms with Gasteiger partial charge in [0.2, 0.25) is 5.54 Å². The van der Waals surface area contributed by atoms with E-state index in [4.69, 9.17) is 0 Å². The third kappa shape index (κ3) is 2.86. The van der Waals surface area contributed by atoms with Crippen LogP contribution < -0.4 is 0 Å². The molecule has 0 fully saturated rings. The van der Waals surface area contributed by atoms with E-state index in [-0.39, 0.29) is 4.92 Å². The van der Waals surface area contributed by atoms with Crippen molar-refractivity contribution in [1.82, 2.24) is 0 Å². The fourth-order valence-corrected chi connectivity index (χ4v) is 1.28. The second-order valence-electron chi connectivity index (χ2n) is 2.96. The van der Waals surface area contributed by atoms with E-state index in [1.165, 1.54) is 0 Å². The molecule has 0 aliphatic carbocycles. The second kappa shape index (κ2) is 5.30. The van der Waals surface area contributed by atoms with Crippen molar-refractivity contribution in [1.29, 1.82) is 0 Å². The molecule has 0 heterocycles. The molecule has 0 aromatic carbocycles. The highest BCUT2D eigenvalue weighted by atomic mass is 16.6. The van der Waals surface area contributed by atoms with Gasteiger partial charge in [0.05, 0.1) is 0 Å². The summed E-state index contributed by atoms with van der Waals surface area (Å²) < 4.78 is 0. The summed E-state index contributed by atoms with van der Waals surface area (Å²) in [5, 5.41) is 10.9. The normalized spacial score (nSPS) is 10.5. The third-order valence-electron chi connectivity index (χ3n) is 1.96. The quantitative estimate of drug-likeness (QED) is 0.344. The van der Waals surface area contributed by atoms with Crippen molar-refractivity contribution in [2.75, 3.05) is 0 Å². The Hall–Kier alpha value is -1.38. The molecular weight excluding hydrogens is 166 g/mol. The molecule has 0 amide bonds. The van der Waals surface area contributed by atoms with E-state index >= 15 is 0 Å². The number of nitro groups is 1. The number of hydrogen-bond donors (Lipinski definition) is 0. The largest absolute Gasteiger partial charge is 0.264 e. The molecule has 0 N–H and O–H groups in total. The molecule has 0 bridgehead atoms. The average Bonchev–Trinajstić information content (AvgIpc) is 2.05. The van der Waals surface area contributed by atoms with Crippen LogP contribution in [0.5, 0.6) is 0 Å². The van der Waals surface area contributed by atoms with Crippen LogP contribution in [0.4, 0.5) is 0 Å². The van der Waals surface area contributed by atoms with Gasteiger partial charge in [0, 0.05) is 24.2 Å². The van der Waals surface area contributed by atoms with Gasteiger partial charge in [0.1, 0.15) is 0 Å². The number of hydrogen-bond acceptors (Lipinski definition) is 2. The highest BCUT2D eigenvalue weighted by Gasteiger charge is 2.38. The molecule has 0 aliphatic heterocycles. The van der Waals surface area contributed by atoms with Crippen molar-refractivity contribution in [2.24, 2.45) is 0 Å². The SMILES string of the molecule is C=CCC(CC=C)(CC=C)[N+](=O)[O-]. The van der Waals surface area contributed by atoms with E-state index in [1.807, 2.05) is 0 Å². The van der Waals surface area contributed by atoms with E-state index in [1.54, 1.807) is 18.2 Å². The van der Waals surface area contributed by atoms with Crippen LogP contribution in [0.25, 0.3) is 0 Å². The molecule has 0 radical (unpaired) electrons. The Morgan fingerprint density at radius 3 is 1.54 bits per heavy atom. The van der Waals surface area contributed by atoms with Crippen molar-refractivity contribution in [3.8, 4) is 0 Å². The molecule has 13 heavy (non-hydrogen) atoms. The molecule has 0 aliphatic rings. The summed E-state index contributed by atoms with van der Waals surface area (Å²) in [4.78, 5) is 10.6. The fraction of sp³-hybridized carbons (Fsp3) is 0.400. The molecule has 0 aromatic heterocycles. The van der Waals surface area contributed by atoms with Crippen LogP contribution in [0.15, 0.2) is 38.0 Å². The van der Waals surface area contributed by atoms with Gasteiger partial charge in [-0.15, -0.1) is 19.7 Å². The van der Waals surface area contributed by atoms with Crippen molar-refractivity contribution >= 4 is 0 Å². The molecule has 0 aromatic rings. The molecule has 0 saturated heterocycles. The van der Waals surface area contributed by atoms with Crippen LogP contribution in [0, 0.1) is 10.1 Å². The first kappa shape index (κ1) is 11.6. The van der Waals surface area contributed by atoms with Crippen LogP contribution in [0.3, 0.4) is 0 Å². The maximum Gasteiger partial charge on any atom is 0.232 e. The Bertz CT molecular complexity index is 194. The summed E-state index contributed by atoms with van der Waals surface area (Å²) in [5.41, 5.74) is -0.981. The predicted octanol–water partition coefficient (Wildman–Crippen LogP) is 2.73. The van der Waals surface area contributed by atoms with E-state index in [2.05, 4.69) is 19.7 Å².